The van der Waals surface area contributed by atoms with E-state index in [2.05, 4.69) is 23.5 Å². The Labute approximate surface area is 141 Å². The molecule has 2 rings (SSSR count). The van der Waals surface area contributed by atoms with Crippen molar-refractivity contribution >= 4 is 5.69 Å². The Bertz CT molecular complexity index is 627. The first-order chi connectivity index (χ1) is 11.4. The van der Waals surface area contributed by atoms with E-state index in [-0.39, 0.29) is 11.8 Å². The summed E-state index contributed by atoms with van der Waals surface area (Å²) in [5.74, 6) is 0.0835. The van der Waals surface area contributed by atoms with E-state index in [0.29, 0.717) is 12.1 Å². The zero-order valence-electron chi connectivity index (χ0n) is 14.1. The summed E-state index contributed by atoms with van der Waals surface area (Å²) in [5.41, 5.74) is 2.87. The van der Waals surface area contributed by atoms with Crippen LogP contribution >= 0.6 is 0 Å². The first kappa shape index (κ1) is 18.2. The Morgan fingerprint density at radius 2 is 1.58 bits per heavy atom. The molecule has 0 amide bonds. The molecule has 0 aliphatic carbocycles. The number of benzene rings is 2. The third kappa shape index (κ3) is 4.93. The fraction of sp³-hybridized carbons (Fsp3) is 0.368. The number of halogens is 2. The highest BCUT2D eigenvalue weighted by molar-refractivity contribution is 5.48. The van der Waals surface area contributed by atoms with Crippen LogP contribution in [0.4, 0.5) is 14.5 Å². The molecular weight excluding hydrogens is 312 g/mol. The van der Waals surface area contributed by atoms with Crippen molar-refractivity contribution in [3.05, 3.63) is 59.7 Å². The number of hydrogen-bond acceptors (Lipinski definition) is 3. The van der Waals surface area contributed by atoms with Crippen LogP contribution in [-0.4, -0.2) is 24.3 Å². The van der Waals surface area contributed by atoms with Crippen LogP contribution in [0, 0.1) is 6.92 Å². The van der Waals surface area contributed by atoms with Crippen molar-refractivity contribution in [1.82, 2.24) is 0 Å². The fourth-order valence-electron chi connectivity index (χ4n) is 2.51. The van der Waals surface area contributed by atoms with Gasteiger partial charge < -0.3 is 14.7 Å². The minimum absolute atomic E-state index is 0.0835. The van der Waals surface area contributed by atoms with Crippen molar-refractivity contribution in [3.63, 3.8) is 0 Å². The maximum Gasteiger partial charge on any atom is 0.387 e. The Hall–Kier alpha value is -2.14. The Morgan fingerprint density at radius 3 is 2.08 bits per heavy atom. The van der Waals surface area contributed by atoms with E-state index in [1.54, 1.807) is 12.1 Å². The van der Waals surface area contributed by atoms with Gasteiger partial charge in [-0.1, -0.05) is 29.8 Å². The SMILES string of the molecule is Cc1ccc(N(CC(O)c2ccc(OC(F)F)cc2)C(C)C)cc1. The van der Waals surface area contributed by atoms with Gasteiger partial charge in [-0.2, -0.15) is 8.78 Å². The molecule has 1 atom stereocenters. The normalized spacial score (nSPS) is 12.5. The number of aryl methyl sites for hydroxylation is 1. The summed E-state index contributed by atoms with van der Waals surface area (Å²) in [6, 6.07) is 14.4. The molecule has 0 bridgehead atoms. The van der Waals surface area contributed by atoms with Crippen LogP contribution < -0.4 is 9.64 Å². The van der Waals surface area contributed by atoms with Crippen molar-refractivity contribution in [2.75, 3.05) is 11.4 Å². The molecule has 0 aliphatic rings. The van der Waals surface area contributed by atoms with E-state index < -0.39 is 12.7 Å². The van der Waals surface area contributed by atoms with Gasteiger partial charge in [0.2, 0.25) is 0 Å². The van der Waals surface area contributed by atoms with E-state index in [9.17, 15) is 13.9 Å². The molecule has 2 aromatic carbocycles. The Morgan fingerprint density at radius 1 is 1.00 bits per heavy atom. The molecule has 0 heterocycles. The molecule has 0 saturated carbocycles. The van der Waals surface area contributed by atoms with Crippen molar-refractivity contribution in [2.45, 2.75) is 39.5 Å². The minimum Gasteiger partial charge on any atom is -0.435 e. The summed E-state index contributed by atoms with van der Waals surface area (Å²) in [6.45, 7) is 3.72. The second-order valence-corrected chi connectivity index (χ2v) is 6.04. The molecule has 0 saturated heterocycles. The van der Waals surface area contributed by atoms with Crippen molar-refractivity contribution < 1.29 is 18.6 Å². The molecule has 0 aliphatic heterocycles. The minimum atomic E-state index is -2.85. The van der Waals surface area contributed by atoms with Gasteiger partial charge in [-0.15, -0.1) is 0 Å². The molecule has 130 valence electrons. The number of rotatable bonds is 7. The van der Waals surface area contributed by atoms with Gasteiger partial charge >= 0.3 is 6.61 Å². The van der Waals surface area contributed by atoms with E-state index >= 15 is 0 Å². The van der Waals surface area contributed by atoms with Gasteiger partial charge in [0.05, 0.1) is 6.10 Å². The lowest BCUT2D eigenvalue weighted by Crippen LogP contribution is -2.34. The van der Waals surface area contributed by atoms with Crippen molar-refractivity contribution in [1.29, 1.82) is 0 Å². The van der Waals surface area contributed by atoms with Crippen LogP contribution in [0.15, 0.2) is 48.5 Å². The molecule has 0 fully saturated rings. The monoisotopic (exact) mass is 335 g/mol. The van der Waals surface area contributed by atoms with Gasteiger partial charge in [-0.05, 0) is 50.6 Å². The number of hydrogen-bond donors (Lipinski definition) is 1. The van der Waals surface area contributed by atoms with E-state index in [1.165, 1.54) is 17.7 Å². The molecule has 1 unspecified atom stereocenters. The predicted octanol–water partition coefficient (Wildman–Crippen LogP) is 4.54. The van der Waals surface area contributed by atoms with E-state index in [0.717, 1.165) is 5.69 Å². The third-order valence-electron chi connectivity index (χ3n) is 3.85. The topological polar surface area (TPSA) is 32.7 Å². The second kappa shape index (κ2) is 8.11. The average Bonchev–Trinajstić information content (AvgIpc) is 2.53. The molecule has 0 aromatic heterocycles. The lowest BCUT2D eigenvalue weighted by molar-refractivity contribution is -0.0498. The molecule has 0 spiro atoms. The van der Waals surface area contributed by atoms with E-state index in [4.69, 9.17) is 0 Å². The molecule has 5 heteroatoms. The standard InChI is InChI=1S/C19H23F2NO2/c1-13(2)22(16-8-4-14(3)5-9-16)12-18(23)15-6-10-17(11-7-15)24-19(20)21/h4-11,13,18-19,23H,12H2,1-3H3. The molecule has 1 N–H and O–H groups in total. The zero-order chi connectivity index (χ0) is 17.7. The second-order valence-electron chi connectivity index (χ2n) is 6.04. The largest absolute Gasteiger partial charge is 0.435 e. The van der Waals surface area contributed by atoms with Gasteiger partial charge in [-0.25, -0.2) is 0 Å². The highest BCUT2D eigenvalue weighted by Gasteiger charge is 2.17. The number of nitrogens with zero attached hydrogens (tertiary/aromatic N) is 1. The summed E-state index contributed by atoms with van der Waals surface area (Å²) < 4.78 is 28.7. The maximum atomic E-state index is 12.2. The van der Waals surface area contributed by atoms with Gasteiger partial charge in [0, 0.05) is 18.3 Å². The summed E-state index contributed by atoms with van der Waals surface area (Å²) in [6.07, 6.45) is -0.727. The number of alkyl halides is 2. The Balaban J connectivity index is 2.10. The summed E-state index contributed by atoms with van der Waals surface area (Å²) >= 11 is 0. The van der Waals surface area contributed by atoms with Crippen LogP contribution in [0.3, 0.4) is 0 Å². The maximum absolute atomic E-state index is 12.2. The molecule has 0 radical (unpaired) electrons. The van der Waals surface area contributed by atoms with Crippen LogP contribution in [0.1, 0.15) is 31.1 Å². The number of anilines is 1. The van der Waals surface area contributed by atoms with E-state index in [1.807, 2.05) is 31.2 Å². The highest BCUT2D eigenvalue weighted by Crippen LogP contribution is 2.24. The molecule has 24 heavy (non-hydrogen) atoms. The Kier molecular flexibility index (Phi) is 6.15. The average molecular weight is 335 g/mol. The lowest BCUT2D eigenvalue weighted by Gasteiger charge is -2.31. The smallest absolute Gasteiger partial charge is 0.387 e. The number of ether oxygens (including phenoxy) is 1. The molecular formula is C19H23F2NO2. The summed E-state index contributed by atoms with van der Waals surface area (Å²) in [5, 5.41) is 10.5. The molecule has 2 aromatic rings. The fourth-order valence-corrected chi connectivity index (χ4v) is 2.51. The number of aliphatic hydroxyl groups is 1. The van der Waals surface area contributed by atoms with Crippen LogP contribution in [0.2, 0.25) is 0 Å². The highest BCUT2D eigenvalue weighted by atomic mass is 19.3. The summed E-state index contributed by atoms with van der Waals surface area (Å²) in [7, 11) is 0. The zero-order valence-corrected chi connectivity index (χ0v) is 14.1. The van der Waals surface area contributed by atoms with Gasteiger partial charge in [0.1, 0.15) is 5.75 Å². The molecule has 3 nitrogen and oxygen atoms in total. The lowest BCUT2D eigenvalue weighted by atomic mass is 10.1. The predicted molar refractivity (Wildman–Crippen MR) is 91.7 cm³/mol. The van der Waals surface area contributed by atoms with Crippen LogP contribution in [0.5, 0.6) is 5.75 Å². The quantitative estimate of drug-likeness (QED) is 0.806. The number of aliphatic hydroxyl groups excluding tert-OH is 1. The van der Waals surface area contributed by atoms with Crippen molar-refractivity contribution in [3.8, 4) is 5.75 Å². The van der Waals surface area contributed by atoms with Gasteiger partial charge in [0.15, 0.2) is 0 Å². The van der Waals surface area contributed by atoms with Gasteiger partial charge in [0.25, 0.3) is 0 Å². The van der Waals surface area contributed by atoms with Gasteiger partial charge in [-0.3, -0.25) is 0 Å². The van der Waals surface area contributed by atoms with Crippen molar-refractivity contribution in [2.24, 2.45) is 0 Å². The van der Waals surface area contributed by atoms with Crippen LogP contribution in [-0.2, 0) is 0 Å². The van der Waals surface area contributed by atoms with Crippen LogP contribution in [0.25, 0.3) is 0 Å². The first-order valence-electron chi connectivity index (χ1n) is 7.93. The first-order valence-corrected chi connectivity index (χ1v) is 7.93. The third-order valence-corrected chi connectivity index (χ3v) is 3.85. The summed E-state index contributed by atoms with van der Waals surface area (Å²) in [4.78, 5) is 2.10.